The van der Waals surface area contributed by atoms with Crippen LogP contribution in [0.2, 0.25) is 0 Å². The number of nitrogens with zero attached hydrogens (tertiary/aromatic N) is 4. The smallest absolute Gasteiger partial charge is 0.410 e. The van der Waals surface area contributed by atoms with Crippen molar-refractivity contribution in [3.05, 3.63) is 65.4 Å². The van der Waals surface area contributed by atoms with E-state index < -0.39 is 5.60 Å². The van der Waals surface area contributed by atoms with Gasteiger partial charge in [0.2, 0.25) is 0 Å². The van der Waals surface area contributed by atoms with Crippen LogP contribution in [0.15, 0.2) is 48.5 Å². The second-order valence-electron chi connectivity index (χ2n) is 10.6. The Kier molecular flexibility index (Phi) is 6.67. The van der Waals surface area contributed by atoms with E-state index in [1.54, 1.807) is 12.0 Å². The minimum atomic E-state index is -0.499. The molecule has 1 atom stereocenters. The van der Waals surface area contributed by atoms with Gasteiger partial charge >= 0.3 is 6.09 Å². The first-order valence-corrected chi connectivity index (χ1v) is 12.8. The molecule has 194 valence electrons. The number of hydrogen-bond donors (Lipinski definition) is 1. The van der Waals surface area contributed by atoms with E-state index in [0.717, 1.165) is 47.8 Å². The van der Waals surface area contributed by atoms with Crippen LogP contribution in [-0.2, 0) is 11.3 Å². The Bertz CT molecular complexity index is 1340. The van der Waals surface area contributed by atoms with Gasteiger partial charge in [0, 0.05) is 25.2 Å². The summed E-state index contributed by atoms with van der Waals surface area (Å²) in [6, 6.07) is 14.7. The van der Waals surface area contributed by atoms with Crippen molar-refractivity contribution in [3.63, 3.8) is 0 Å². The Balaban J connectivity index is 1.48. The van der Waals surface area contributed by atoms with E-state index >= 15 is 0 Å². The molecular weight excluding hydrogens is 466 g/mol. The third-order valence-corrected chi connectivity index (χ3v) is 6.88. The monoisotopic (exact) mass is 501 g/mol. The molecule has 8 heteroatoms. The number of fused-ring (bicyclic) bond motifs is 3. The minimum Gasteiger partial charge on any atom is -0.495 e. The van der Waals surface area contributed by atoms with Gasteiger partial charge in [0.25, 0.3) is 0 Å². The molecule has 2 aromatic carbocycles. The number of benzene rings is 2. The maximum absolute atomic E-state index is 12.5. The number of carbonyl (C=O) groups excluding carboxylic acids is 1. The van der Waals surface area contributed by atoms with Gasteiger partial charge in [0.1, 0.15) is 11.4 Å². The van der Waals surface area contributed by atoms with Crippen molar-refractivity contribution in [1.82, 2.24) is 19.9 Å². The van der Waals surface area contributed by atoms with Gasteiger partial charge < -0.3 is 19.7 Å². The molecule has 0 fully saturated rings. The molecule has 1 aromatic heterocycles. The van der Waals surface area contributed by atoms with E-state index in [4.69, 9.17) is 9.47 Å². The van der Waals surface area contributed by atoms with E-state index in [1.807, 2.05) is 56.6 Å². The predicted octanol–water partition coefficient (Wildman–Crippen LogP) is 5.84. The number of hydrogen-bond acceptors (Lipinski definition) is 6. The zero-order chi connectivity index (χ0) is 26.2. The van der Waals surface area contributed by atoms with Crippen LogP contribution >= 0.6 is 0 Å². The number of para-hydroxylation sites is 2. The minimum absolute atomic E-state index is 0.0646. The molecule has 0 bridgehead atoms. The molecule has 3 heterocycles. The van der Waals surface area contributed by atoms with E-state index in [9.17, 15) is 4.79 Å². The summed E-state index contributed by atoms with van der Waals surface area (Å²) in [5, 5.41) is 12.5. The summed E-state index contributed by atoms with van der Waals surface area (Å²) in [5.74, 6) is 0.817. The molecule has 1 amide bonds. The predicted molar refractivity (Wildman–Crippen MR) is 145 cm³/mol. The molecule has 0 radical (unpaired) electrons. The van der Waals surface area contributed by atoms with Crippen LogP contribution in [-0.4, -0.2) is 51.8 Å². The number of aromatic nitrogens is 3. The summed E-state index contributed by atoms with van der Waals surface area (Å²) in [4.78, 5) is 14.3. The van der Waals surface area contributed by atoms with Crippen molar-refractivity contribution < 1.29 is 14.3 Å². The quantitative estimate of drug-likeness (QED) is 0.483. The first kappa shape index (κ1) is 24.9. The van der Waals surface area contributed by atoms with E-state index in [-0.39, 0.29) is 12.1 Å². The zero-order valence-corrected chi connectivity index (χ0v) is 22.2. The molecule has 1 unspecified atom stereocenters. The summed E-state index contributed by atoms with van der Waals surface area (Å²) >= 11 is 0. The van der Waals surface area contributed by atoms with Crippen molar-refractivity contribution in [2.24, 2.45) is 0 Å². The lowest BCUT2D eigenvalue weighted by atomic mass is 9.90. The second-order valence-corrected chi connectivity index (χ2v) is 10.6. The summed E-state index contributed by atoms with van der Waals surface area (Å²) in [7, 11) is 1.69. The number of nitrogens with one attached hydrogen (secondary N) is 1. The van der Waals surface area contributed by atoms with Crippen molar-refractivity contribution in [2.75, 3.05) is 25.5 Å². The van der Waals surface area contributed by atoms with Gasteiger partial charge in [-0.15, -0.1) is 5.10 Å². The lowest BCUT2D eigenvalue weighted by Gasteiger charge is -2.30. The maximum Gasteiger partial charge on any atom is 0.410 e. The molecule has 0 saturated carbocycles. The first-order chi connectivity index (χ1) is 17.7. The van der Waals surface area contributed by atoms with Crippen LogP contribution in [0, 0.1) is 6.92 Å². The average molecular weight is 502 g/mol. The van der Waals surface area contributed by atoms with Crippen molar-refractivity contribution >= 4 is 17.4 Å². The van der Waals surface area contributed by atoms with Crippen molar-refractivity contribution in [1.29, 1.82) is 0 Å². The van der Waals surface area contributed by atoms with Gasteiger partial charge in [-0.1, -0.05) is 35.6 Å². The third kappa shape index (κ3) is 5.19. The van der Waals surface area contributed by atoms with Gasteiger partial charge in [-0.05, 0) is 75.4 Å². The Morgan fingerprint density at radius 3 is 2.68 bits per heavy atom. The number of carbonyl (C=O) groups is 1. The summed E-state index contributed by atoms with van der Waals surface area (Å²) in [5.41, 5.74) is 7.23. The Hall–Kier alpha value is -3.81. The van der Waals surface area contributed by atoms with Crippen molar-refractivity contribution in [3.8, 4) is 17.0 Å². The molecular formula is C29H35N5O3. The van der Waals surface area contributed by atoms with Gasteiger partial charge in [0.15, 0.2) is 0 Å². The highest BCUT2D eigenvalue weighted by Gasteiger charge is 2.28. The highest BCUT2D eigenvalue weighted by molar-refractivity contribution is 5.76. The molecule has 0 saturated heterocycles. The highest BCUT2D eigenvalue weighted by atomic mass is 16.6. The normalized spacial score (nSPS) is 17.3. The number of anilines is 1. The molecule has 0 aliphatic carbocycles. The molecule has 3 aromatic rings. The molecule has 5 rings (SSSR count). The highest BCUT2D eigenvalue weighted by Crippen LogP contribution is 2.40. The number of aryl methyl sites for hydroxylation is 2. The fourth-order valence-electron chi connectivity index (χ4n) is 5.09. The Morgan fingerprint density at radius 1 is 1.14 bits per heavy atom. The van der Waals surface area contributed by atoms with E-state index in [1.165, 1.54) is 16.7 Å². The lowest BCUT2D eigenvalue weighted by molar-refractivity contribution is 0.0270. The van der Waals surface area contributed by atoms with Crippen LogP contribution < -0.4 is 10.1 Å². The van der Waals surface area contributed by atoms with E-state index in [2.05, 4.69) is 39.9 Å². The van der Waals surface area contributed by atoms with Crippen molar-refractivity contribution in [2.45, 2.75) is 58.7 Å². The molecule has 37 heavy (non-hydrogen) atoms. The van der Waals surface area contributed by atoms with Crippen LogP contribution in [0.3, 0.4) is 0 Å². The maximum atomic E-state index is 12.5. The van der Waals surface area contributed by atoms with Crippen LogP contribution in [0.25, 0.3) is 16.8 Å². The summed E-state index contributed by atoms with van der Waals surface area (Å²) in [6.07, 6.45) is 3.52. The number of methoxy groups -OCH3 is 1. The lowest BCUT2D eigenvalue weighted by Crippen LogP contribution is -2.39. The molecule has 2 aliphatic heterocycles. The van der Waals surface area contributed by atoms with Crippen LogP contribution in [0.1, 0.15) is 56.5 Å². The van der Waals surface area contributed by atoms with Gasteiger partial charge in [-0.3, -0.25) is 0 Å². The standard InChI is InChI=1S/C29H35N5O3/c1-19-27-22-11-10-21(20-12-15-33(16-13-20)28(35)37-29(2,3)4)18-23(22)24(14-17-34(27)32-31-19)30-25-8-6-7-9-26(25)36-5/h6-12,18,24,30H,13-17H2,1-5H3. The average Bonchev–Trinajstić information content (AvgIpc) is 3.17. The molecule has 8 nitrogen and oxygen atoms in total. The van der Waals surface area contributed by atoms with E-state index in [0.29, 0.717) is 13.1 Å². The summed E-state index contributed by atoms with van der Waals surface area (Å²) in [6.45, 7) is 9.63. The SMILES string of the molecule is COc1ccccc1NC1CCn2nnc(C)c2-c2ccc(C3=CCN(C(=O)OC(C)(C)C)CC3)cc21. The Morgan fingerprint density at radius 2 is 1.95 bits per heavy atom. The van der Waals surface area contributed by atoms with Gasteiger partial charge in [-0.25, -0.2) is 9.48 Å². The second kappa shape index (κ2) is 9.92. The number of rotatable bonds is 4. The van der Waals surface area contributed by atoms with Gasteiger partial charge in [-0.2, -0.15) is 0 Å². The summed E-state index contributed by atoms with van der Waals surface area (Å²) < 4.78 is 13.2. The third-order valence-electron chi connectivity index (χ3n) is 6.88. The number of amides is 1. The largest absolute Gasteiger partial charge is 0.495 e. The fraction of sp³-hybridized carbons (Fsp3) is 0.414. The Labute approximate surface area is 218 Å². The van der Waals surface area contributed by atoms with Crippen LogP contribution in [0.4, 0.5) is 10.5 Å². The van der Waals surface area contributed by atoms with Gasteiger partial charge in [0.05, 0.1) is 30.2 Å². The zero-order valence-electron chi connectivity index (χ0n) is 22.2. The molecule has 0 spiro atoms. The molecule has 1 N–H and O–H groups in total. The van der Waals surface area contributed by atoms with Crippen LogP contribution in [0.5, 0.6) is 5.75 Å². The fourth-order valence-corrected chi connectivity index (χ4v) is 5.09. The number of ether oxygens (including phenoxy) is 2. The first-order valence-electron chi connectivity index (χ1n) is 12.8. The molecule has 2 aliphatic rings. The topological polar surface area (TPSA) is 81.5 Å².